The summed E-state index contributed by atoms with van der Waals surface area (Å²) in [5.74, 6) is 0. The van der Waals surface area contributed by atoms with Crippen molar-refractivity contribution >= 4 is 67.3 Å². The Balaban J connectivity index is 1.16. The van der Waals surface area contributed by atoms with Gasteiger partial charge in [-0.1, -0.05) is 59.7 Å². The minimum absolute atomic E-state index is 0.571. The lowest BCUT2D eigenvalue weighted by atomic mass is 10.1. The monoisotopic (exact) mass is 486 g/mol. The normalized spacial score (nSPS) is 15.8. The topological polar surface area (TPSA) is 0 Å². The third-order valence-electron chi connectivity index (χ3n) is 5.85. The first-order valence-electron chi connectivity index (χ1n) is 10.8. The number of fused-ring (bicyclic) bond motifs is 2. The Hall–Kier alpha value is -2.11. The number of rotatable bonds is 4. The Morgan fingerprint density at radius 2 is 1.38 bits per heavy atom. The molecule has 0 aliphatic carbocycles. The van der Waals surface area contributed by atoms with Crippen LogP contribution < -0.4 is 0 Å². The molecule has 5 aromatic rings. The molecule has 0 amide bonds. The fourth-order valence-electron chi connectivity index (χ4n) is 4.05. The van der Waals surface area contributed by atoms with E-state index in [9.17, 15) is 0 Å². The molecule has 158 valence electrons. The van der Waals surface area contributed by atoms with Crippen molar-refractivity contribution in [3.8, 4) is 10.4 Å². The van der Waals surface area contributed by atoms with E-state index < -0.39 is 0 Å². The molecule has 4 heterocycles. The third-order valence-corrected chi connectivity index (χ3v) is 10.8. The third kappa shape index (κ3) is 4.01. The minimum Gasteiger partial charge on any atom is -0.140 e. The van der Waals surface area contributed by atoms with E-state index in [0.29, 0.717) is 5.25 Å². The van der Waals surface area contributed by atoms with Crippen molar-refractivity contribution in [3.05, 3.63) is 98.1 Å². The van der Waals surface area contributed by atoms with Gasteiger partial charge in [-0.15, -0.1) is 45.8 Å². The minimum atomic E-state index is 0.571. The highest BCUT2D eigenvalue weighted by Gasteiger charge is 2.25. The van der Waals surface area contributed by atoms with Crippen LogP contribution in [0.3, 0.4) is 0 Å². The molecule has 0 saturated carbocycles. The van der Waals surface area contributed by atoms with Gasteiger partial charge in [0.1, 0.15) is 0 Å². The van der Waals surface area contributed by atoms with E-state index in [1.54, 1.807) is 0 Å². The summed E-state index contributed by atoms with van der Waals surface area (Å²) < 4.78 is 2.77. The molecule has 6 rings (SSSR count). The molecule has 1 aliphatic rings. The molecule has 1 aliphatic heterocycles. The second-order valence-corrected chi connectivity index (χ2v) is 13.0. The molecule has 2 aromatic carbocycles. The summed E-state index contributed by atoms with van der Waals surface area (Å²) in [5.41, 5.74) is 5.40. The van der Waals surface area contributed by atoms with Gasteiger partial charge in [0.2, 0.25) is 0 Å². The van der Waals surface area contributed by atoms with E-state index in [-0.39, 0.29) is 0 Å². The highest BCUT2D eigenvalue weighted by atomic mass is 32.2. The van der Waals surface area contributed by atoms with Crippen molar-refractivity contribution in [2.24, 2.45) is 0 Å². The van der Waals surface area contributed by atoms with Gasteiger partial charge >= 0.3 is 0 Å². The number of thiophene rings is 3. The molecule has 0 spiro atoms. The van der Waals surface area contributed by atoms with Gasteiger partial charge in [-0.05, 0) is 61.7 Å². The molecular formula is C28H22S4. The highest BCUT2D eigenvalue weighted by molar-refractivity contribution is 8.00. The summed E-state index contributed by atoms with van der Waals surface area (Å²) >= 11 is 7.76. The highest BCUT2D eigenvalue weighted by Crippen LogP contribution is 2.50. The van der Waals surface area contributed by atoms with Gasteiger partial charge in [-0.2, -0.15) is 0 Å². The summed E-state index contributed by atoms with van der Waals surface area (Å²) in [6.45, 7) is 4.29. The van der Waals surface area contributed by atoms with Crippen molar-refractivity contribution < 1.29 is 0 Å². The zero-order valence-electron chi connectivity index (χ0n) is 17.9. The zero-order valence-corrected chi connectivity index (χ0v) is 21.2. The molecule has 1 atom stereocenters. The van der Waals surface area contributed by atoms with Gasteiger partial charge in [-0.25, -0.2) is 0 Å². The predicted octanol–water partition coefficient (Wildman–Crippen LogP) is 9.87. The van der Waals surface area contributed by atoms with Crippen LogP contribution in [-0.2, 0) is 6.42 Å². The summed E-state index contributed by atoms with van der Waals surface area (Å²) in [7, 11) is 0. The number of hydrogen-bond donors (Lipinski definition) is 0. The summed E-state index contributed by atoms with van der Waals surface area (Å²) in [4.78, 5) is 7.06. The van der Waals surface area contributed by atoms with Gasteiger partial charge in [-0.3, -0.25) is 0 Å². The Morgan fingerprint density at radius 1 is 0.719 bits per heavy atom. The average Bonchev–Trinajstić information content (AvgIpc) is 3.52. The Labute approximate surface area is 205 Å². The standard InChI is InChI=1S/C28H22S4/c1-17-3-7-19(8-4-17)23-15-27-25(31-23)13-21(29-27)11-12-22-14-26-28(30-22)16-24(32-26)20-9-5-18(2)6-10-20/h3-15,24H,16H2,1-2H3/b12-11+. The lowest BCUT2D eigenvalue weighted by Gasteiger charge is -2.09. The fraction of sp³-hybridized carbons (Fsp3) is 0.143. The molecule has 0 N–H and O–H groups in total. The number of thioether (sulfide) groups is 1. The maximum absolute atomic E-state index is 2.38. The Bertz CT molecular complexity index is 1370. The second kappa shape index (κ2) is 8.35. The number of aryl methyl sites for hydroxylation is 2. The summed E-state index contributed by atoms with van der Waals surface area (Å²) in [5, 5.41) is 0.571. The van der Waals surface area contributed by atoms with Crippen LogP contribution in [0.25, 0.3) is 32.0 Å². The van der Waals surface area contributed by atoms with Gasteiger partial charge < -0.3 is 0 Å². The van der Waals surface area contributed by atoms with E-state index in [4.69, 9.17) is 0 Å². The van der Waals surface area contributed by atoms with Gasteiger partial charge in [0.15, 0.2) is 0 Å². The van der Waals surface area contributed by atoms with Crippen LogP contribution in [0.15, 0.2) is 71.6 Å². The number of hydrogen-bond acceptors (Lipinski definition) is 4. The summed E-state index contributed by atoms with van der Waals surface area (Å²) in [6.07, 6.45) is 5.73. The molecule has 1 unspecified atom stereocenters. The molecule has 0 nitrogen and oxygen atoms in total. The van der Waals surface area contributed by atoms with E-state index in [0.717, 1.165) is 6.42 Å². The van der Waals surface area contributed by atoms with Crippen LogP contribution in [0.2, 0.25) is 0 Å². The van der Waals surface area contributed by atoms with Crippen LogP contribution in [-0.4, -0.2) is 0 Å². The van der Waals surface area contributed by atoms with Gasteiger partial charge in [0.05, 0.1) is 0 Å². The van der Waals surface area contributed by atoms with Gasteiger partial charge in [0.25, 0.3) is 0 Å². The summed E-state index contributed by atoms with van der Waals surface area (Å²) in [6, 6.07) is 24.9. The van der Waals surface area contributed by atoms with Crippen LogP contribution in [0, 0.1) is 13.8 Å². The molecule has 32 heavy (non-hydrogen) atoms. The maximum Gasteiger partial charge on any atom is 0.0463 e. The predicted molar refractivity (Wildman–Crippen MR) is 147 cm³/mol. The quantitative estimate of drug-likeness (QED) is 0.243. The molecule has 0 fully saturated rings. The molecule has 0 bridgehead atoms. The number of benzene rings is 2. The van der Waals surface area contributed by atoms with E-state index in [1.165, 1.54) is 56.1 Å². The largest absolute Gasteiger partial charge is 0.140 e. The van der Waals surface area contributed by atoms with E-state index >= 15 is 0 Å². The SMILES string of the molecule is Cc1ccc(-c2cc3sc(/C=C/c4cc5c(s4)CC(c4ccc(C)cc4)S5)cc3s2)cc1. The molecular weight excluding hydrogens is 465 g/mol. The average molecular weight is 487 g/mol. The van der Waals surface area contributed by atoms with E-state index in [1.807, 2.05) is 45.8 Å². The maximum atomic E-state index is 2.38. The molecule has 0 radical (unpaired) electrons. The Kier molecular flexibility index (Phi) is 5.34. The van der Waals surface area contributed by atoms with Crippen LogP contribution >= 0.6 is 45.8 Å². The van der Waals surface area contributed by atoms with Crippen molar-refractivity contribution in [2.75, 3.05) is 0 Å². The fourth-order valence-corrected chi connectivity index (χ4v) is 9.08. The van der Waals surface area contributed by atoms with Crippen LogP contribution in [0.5, 0.6) is 0 Å². The van der Waals surface area contributed by atoms with Crippen molar-refractivity contribution in [2.45, 2.75) is 30.4 Å². The van der Waals surface area contributed by atoms with E-state index in [2.05, 4.69) is 92.7 Å². The first-order valence-corrected chi connectivity index (χ1v) is 14.1. The first kappa shape index (κ1) is 20.5. The van der Waals surface area contributed by atoms with Crippen LogP contribution in [0.1, 0.15) is 36.6 Å². The molecule has 4 heteroatoms. The second-order valence-electron chi connectivity index (χ2n) is 8.34. The smallest absolute Gasteiger partial charge is 0.0463 e. The lowest BCUT2D eigenvalue weighted by molar-refractivity contribution is 0.968. The Morgan fingerprint density at radius 3 is 2.06 bits per heavy atom. The first-order chi connectivity index (χ1) is 15.6. The molecule has 0 saturated heterocycles. The lowest BCUT2D eigenvalue weighted by Crippen LogP contribution is -1.91. The van der Waals surface area contributed by atoms with Gasteiger partial charge in [0, 0.05) is 39.1 Å². The van der Waals surface area contributed by atoms with Crippen molar-refractivity contribution in [1.82, 2.24) is 0 Å². The van der Waals surface area contributed by atoms with Crippen molar-refractivity contribution in [3.63, 3.8) is 0 Å². The van der Waals surface area contributed by atoms with Crippen molar-refractivity contribution in [1.29, 1.82) is 0 Å². The zero-order chi connectivity index (χ0) is 21.7. The van der Waals surface area contributed by atoms with Crippen LogP contribution in [0.4, 0.5) is 0 Å². The molecule has 3 aromatic heterocycles.